The predicted molar refractivity (Wildman–Crippen MR) is 91.0 cm³/mol. The van der Waals surface area contributed by atoms with E-state index in [-0.39, 0.29) is 6.10 Å². The fourth-order valence-corrected chi connectivity index (χ4v) is 2.90. The number of benzene rings is 2. The van der Waals surface area contributed by atoms with Gasteiger partial charge in [-0.25, -0.2) is 0 Å². The van der Waals surface area contributed by atoms with E-state index < -0.39 is 0 Å². The minimum absolute atomic E-state index is 0.218. The molecule has 2 rings (SSSR count). The molecule has 0 saturated carbocycles. The van der Waals surface area contributed by atoms with Gasteiger partial charge in [-0.1, -0.05) is 63.6 Å². The van der Waals surface area contributed by atoms with Gasteiger partial charge in [-0.2, -0.15) is 0 Å². The van der Waals surface area contributed by atoms with E-state index in [1.807, 2.05) is 0 Å². The van der Waals surface area contributed by atoms with Crippen molar-refractivity contribution >= 4 is 10.8 Å². The van der Waals surface area contributed by atoms with E-state index in [0.717, 1.165) is 25.1 Å². The van der Waals surface area contributed by atoms with Crippen LogP contribution in [0.5, 0.6) is 5.75 Å². The van der Waals surface area contributed by atoms with Gasteiger partial charge in [0.2, 0.25) is 0 Å². The summed E-state index contributed by atoms with van der Waals surface area (Å²) in [6.45, 7) is 7.58. The summed E-state index contributed by atoms with van der Waals surface area (Å²) in [6.07, 6.45) is 3.56. The molecule has 0 aliphatic rings. The molecule has 2 aromatic carbocycles. The molecule has 0 bridgehead atoms. The molecule has 2 aromatic rings. The zero-order chi connectivity index (χ0) is 15.1. The van der Waals surface area contributed by atoms with E-state index in [4.69, 9.17) is 4.74 Å². The number of hydrogen-bond acceptors (Lipinski definition) is 2. The summed E-state index contributed by atoms with van der Waals surface area (Å²) in [6, 6.07) is 15.1. The van der Waals surface area contributed by atoms with Gasteiger partial charge in [-0.05, 0) is 30.8 Å². The van der Waals surface area contributed by atoms with Crippen molar-refractivity contribution in [1.82, 2.24) is 5.32 Å². The van der Waals surface area contributed by atoms with Crippen molar-refractivity contribution in [3.05, 3.63) is 42.5 Å². The van der Waals surface area contributed by atoms with Gasteiger partial charge in [0.05, 0.1) is 0 Å². The summed E-state index contributed by atoms with van der Waals surface area (Å²) < 4.78 is 6.38. The Morgan fingerprint density at radius 3 is 2.48 bits per heavy atom. The average Bonchev–Trinajstić information content (AvgIpc) is 2.52. The molecule has 0 radical (unpaired) electrons. The van der Waals surface area contributed by atoms with Crippen LogP contribution >= 0.6 is 0 Å². The Bertz CT molecular complexity index is 541. The standard InChI is InChI=1S/C19H27NO/c1-4-10-17(20-6-3)18(5-2)21-19-14-9-12-15-11-7-8-13-16(15)19/h7-9,11-14,17-18,20H,4-6,10H2,1-3H3. The molecule has 0 aliphatic heterocycles. The molecular formula is C19H27NO. The molecular weight excluding hydrogens is 258 g/mol. The molecule has 0 aliphatic carbocycles. The lowest BCUT2D eigenvalue weighted by molar-refractivity contribution is 0.145. The van der Waals surface area contributed by atoms with E-state index in [0.29, 0.717) is 6.04 Å². The van der Waals surface area contributed by atoms with Crippen molar-refractivity contribution in [1.29, 1.82) is 0 Å². The molecule has 0 heterocycles. The Morgan fingerprint density at radius 1 is 1.00 bits per heavy atom. The van der Waals surface area contributed by atoms with Crippen molar-refractivity contribution in [3.63, 3.8) is 0 Å². The largest absolute Gasteiger partial charge is 0.488 e. The lowest BCUT2D eigenvalue weighted by Gasteiger charge is -2.28. The third-order valence-electron chi connectivity index (χ3n) is 3.95. The molecule has 21 heavy (non-hydrogen) atoms. The first-order valence-corrected chi connectivity index (χ1v) is 8.17. The molecule has 0 saturated heterocycles. The van der Waals surface area contributed by atoms with Crippen LogP contribution in [0.4, 0.5) is 0 Å². The van der Waals surface area contributed by atoms with Crippen LogP contribution in [0.15, 0.2) is 42.5 Å². The molecule has 2 atom stereocenters. The SMILES string of the molecule is CCCC(NCC)C(CC)Oc1cccc2ccccc12. The molecule has 2 unspecified atom stereocenters. The Labute approximate surface area is 128 Å². The van der Waals surface area contributed by atoms with Gasteiger partial charge in [-0.15, -0.1) is 0 Å². The van der Waals surface area contributed by atoms with Crippen LogP contribution in [-0.4, -0.2) is 18.7 Å². The molecule has 0 spiro atoms. The third-order valence-corrected chi connectivity index (χ3v) is 3.95. The second-order valence-electron chi connectivity index (χ2n) is 5.49. The maximum atomic E-state index is 6.38. The lowest BCUT2D eigenvalue weighted by Crippen LogP contribution is -2.42. The quantitative estimate of drug-likeness (QED) is 0.754. The Hall–Kier alpha value is -1.54. The highest BCUT2D eigenvalue weighted by Gasteiger charge is 2.20. The molecule has 1 N–H and O–H groups in total. The van der Waals surface area contributed by atoms with E-state index in [2.05, 4.69) is 68.6 Å². The number of fused-ring (bicyclic) bond motifs is 1. The van der Waals surface area contributed by atoms with E-state index in [1.165, 1.54) is 17.2 Å². The summed E-state index contributed by atoms with van der Waals surface area (Å²) in [5, 5.41) is 6.01. The monoisotopic (exact) mass is 285 g/mol. The number of likely N-dealkylation sites (N-methyl/N-ethyl adjacent to an activating group) is 1. The smallest absolute Gasteiger partial charge is 0.127 e. The minimum atomic E-state index is 0.218. The summed E-state index contributed by atoms with van der Waals surface area (Å²) >= 11 is 0. The highest BCUT2D eigenvalue weighted by atomic mass is 16.5. The molecule has 0 fully saturated rings. The first-order valence-electron chi connectivity index (χ1n) is 8.17. The Balaban J connectivity index is 2.23. The zero-order valence-electron chi connectivity index (χ0n) is 13.4. The molecule has 0 amide bonds. The lowest BCUT2D eigenvalue weighted by atomic mass is 10.0. The number of hydrogen-bond donors (Lipinski definition) is 1. The van der Waals surface area contributed by atoms with Crippen LogP contribution in [0.2, 0.25) is 0 Å². The van der Waals surface area contributed by atoms with E-state index in [1.54, 1.807) is 0 Å². The number of rotatable bonds is 8. The van der Waals surface area contributed by atoms with Crippen molar-refractivity contribution in [2.45, 2.75) is 52.2 Å². The average molecular weight is 285 g/mol. The first kappa shape index (κ1) is 15.8. The van der Waals surface area contributed by atoms with Crippen molar-refractivity contribution < 1.29 is 4.74 Å². The molecule has 114 valence electrons. The summed E-state index contributed by atoms with van der Waals surface area (Å²) in [5.41, 5.74) is 0. The topological polar surface area (TPSA) is 21.3 Å². The van der Waals surface area contributed by atoms with Crippen LogP contribution in [-0.2, 0) is 0 Å². The van der Waals surface area contributed by atoms with Crippen LogP contribution in [0.1, 0.15) is 40.0 Å². The van der Waals surface area contributed by atoms with Gasteiger partial charge in [0, 0.05) is 11.4 Å². The molecule has 0 aromatic heterocycles. The third kappa shape index (κ3) is 3.98. The van der Waals surface area contributed by atoms with Gasteiger partial charge in [0.1, 0.15) is 11.9 Å². The number of ether oxygens (including phenoxy) is 1. The summed E-state index contributed by atoms with van der Waals surface area (Å²) in [5.74, 6) is 0.999. The van der Waals surface area contributed by atoms with E-state index in [9.17, 15) is 0 Å². The second-order valence-corrected chi connectivity index (χ2v) is 5.49. The minimum Gasteiger partial charge on any atom is -0.488 e. The van der Waals surface area contributed by atoms with Crippen molar-refractivity contribution in [3.8, 4) is 5.75 Å². The summed E-state index contributed by atoms with van der Waals surface area (Å²) in [7, 11) is 0. The second kappa shape index (κ2) is 8.04. The van der Waals surface area contributed by atoms with Gasteiger partial charge >= 0.3 is 0 Å². The molecule has 2 nitrogen and oxygen atoms in total. The van der Waals surface area contributed by atoms with Gasteiger partial charge in [0.25, 0.3) is 0 Å². The van der Waals surface area contributed by atoms with Gasteiger partial charge < -0.3 is 10.1 Å². The van der Waals surface area contributed by atoms with Gasteiger partial charge in [-0.3, -0.25) is 0 Å². The summed E-state index contributed by atoms with van der Waals surface area (Å²) in [4.78, 5) is 0. The fraction of sp³-hybridized carbons (Fsp3) is 0.474. The highest BCUT2D eigenvalue weighted by molar-refractivity contribution is 5.88. The van der Waals surface area contributed by atoms with Crippen LogP contribution in [0.25, 0.3) is 10.8 Å². The maximum Gasteiger partial charge on any atom is 0.127 e. The zero-order valence-corrected chi connectivity index (χ0v) is 13.4. The Morgan fingerprint density at radius 2 is 1.76 bits per heavy atom. The molecule has 2 heteroatoms. The van der Waals surface area contributed by atoms with E-state index >= 15 is 0 Å². The highest BCUT2D eigenvalue weighted by Crippen LogP contribution is 2.27. The Kier molecular flexibility index (Phi) is 6.06. The predicted octanol–water partition coefficient (Wildman–Crippen LogP) is 4.78. The normalized spacial score (nSPS) is 14.0. The van der Waals surface area contributed by atoms with Crippen molar-refractivity contribution in [2.75, 3.05) is 6.54 Å². The van der Waals surface area contributed by atoms with Crippen LogP contribution < -0.4 is 10.1 Å². The van der Waals surface area contributed by atoms with Crippen LogP contribution in [0.3, 0.4) is 0 Å². The van der Waals surface area contributed by atoms with Crippen molar-refractivity contribution in [2.24, 2.45) is 0 Å². The maximum absolute atomic E-state index is 6.38. The fourth-order valence-electron chi connectivity index (χ4n) is 2.90. The van der Waals surface area contributed by atoms with Crippen LogP contribution in [0, 0.1) is 0 Å². The van der Waals surface area contributed by atoms with Gasteiger partial charge in [0.15, 0.2) is 0 Å². The number of nitrogens with one attached hydrogen (secondary N) is 1. The first-order chi connectivity index (χ1) is 10.3.